The van der Waals surface area contributed by atoms with Crippen LogP contribution in [0.25, 0.3) is 11.0 Å². The summed E-state index contributed by atoms with van der Waals surface area (Å²) < 4.78 is 2.44. The third kappa shape index (κ3) is 1.99. The minimum atomic E-state index is 0.429. The summed E-state index contributed by atoms with van der Waals surface area (Å²) >= 11 is 5.09. The van der Waals surface area contributed by atoms with Crippen LogP contribution in [0.4, 0.5) is 5.82 Å². The molecule has 0 spiro atoms. The van der Waals surface area contributed by atoms with Crippen molar-refractivity contribution >= 4 is 29.1 Å². The summed E-state index contributed by atoms with van der Waals surface area (Å²) in [6.07, 6.45) is 1.44. The Hall–Kier alpha value is -1.43. The zero-order chi connectivity index (χ0) is 11.4. The molecule has 2 heterocycles. The van der Waals surface area contributed by atoms with Crippen LogP contribution in [-0.4, -0.2) is 19.7 Å². The van der Waals surface area contributed by atoms with Gasteiger partial charge >= 0.3 is 0 Å². The number of nitrogens with zero attached hydrogens (tertiary/aromatic N) is 3. The van der Waals surface area contributed by atoms with Crippen LogP contribution < -0.4 is 5.73 Å². The van der Waals surface area contributed by atoms with E-state index in [2.05, 4.69) is 15.1 Å². The molecule has 0 fully saturated rings. The fourth-order valence-corrected chi connectivity index (χ4v) is 1.58. The van der Waals surface area contributed by atoms with Gasteiger partial charge in [0.25, 0.3) is 0 Å². The Bertz CT molecular complexity index is 499. The van der Waals surface area contributed by atoms with Gasteiger partial charge in [-0.15, -0.1) is 0 Å². The normalized spacial score (nSPS) is 9.80. The van der Waals surface area contributed by atoms with E-state index in [4.69, 9.17) is 18.0 Å². The molecule has 0 atom stereocenters. The van der Waals surface area contributed by atoms with E-state index in [1.165, 1.54) is 6.33 Å². The molecule has 0 bridgehead atoms. The number of nitrogen functional groups attached to an aromatic ring is 1. The molecule has 2 rings (SSSR count). The first-order valence-electron chi connectivity index (χ1n) is 4.93. The molecule has 5 nitrogen and oxygen atoms in total. The van der Waals surface area contributed by atoms with Crippen LogP contribution in [0.2, 0.25) is 0 Å². The highest BCUT2D eigenvalue weighted by Crippen LogP contribution is 2.17. The zero-order valence-electron chi connectivity index (χ0n) is 9.11. The van der Waals surface area contributed by atoms with Crippen LogP contribution in [0.15, 0.2) is 6.33 Å². The first kappa shape index (κ1) is 11.6. The smallest absolute Gasteiger partial charge is 0.162 e. The number of nitrogens with one attached hydrogen (secondary N) is 1. The van der Waals surface area contributed by atoms with Crippen molar-refractivity contribution in [2.75, 3.05) is 5.73 Å². The van der Waals surface area contributed by atoms with E-state index in [0.717, 1.165) is 17.6 Å². The molecule has 6 heteroatoms. The molecule has 2 aromatic rings. The maximum absolute atomic E-state index is 5.67. The number of aromatic nitrogens is 4. The van der Waals surface area contributed by atoms with Crippen LogP contribution in [0.1, 0.15) is 20.8 Å². The van der Waals surface area contributed by atoms with E-state index in [-0.39, 0.29) is 0 Å². The van der Waals surface area contributed by atoms with E-state index in [1.807, 2.05) is 25.5 Å². The van der Waals surface area contributed by atoms with Gasteiger partial charge in [-0.3, -0.25) is 9.78 Å². The van der Waals surface area contributed by atoms with Gasteiger partial charge in [-0.2, -0.15) is 0 Å². The standard InChI is InChI=1S/C7H9N5S.C2H6/c1-2-12-6-4(7(13)11-12)5(8)9-3-10-6;1-2/h3H,2H2,1H3,(H,11,13)(H2,8,9,10);1-2H3. The van der Waals surface area contributed by atoms with Crippen LogP contribution in [-0.2, 0) is 6.54 Å². The van der Waals surface area contributed by atoms with Gasteiger partial charge < -0.3 is 5.73 Å². The van der Waals surface area contributed by atoms with Gasteiger partial charge in [-0.25, -0.2) is 9.97 Å². The summed E-state index contributed by atoms with van der Waals surface area (Å²) in [5.41, 5.74) is 6.44. The van der Waals surface area contributed by atoms with E-state index in [9.17, 15) is 0 Å². The quantitative estimate of drug-likeness (QED) is 0.729. The number of rotatable bonds is 1. The largest absolute Gasteiger partial charge is 0.383 e. The molecule has 0 amide bonds. The second-order valence-corrected chi connectivity index (χ2v) is 3.05. The zero-order valence-corrected chi connectivity index (χ0v) is 9.93. The van der Waals surface area contributed by atoms with E-state index < -0.39 is 0 Å². The lowest BCUT2D eigenvalue weighted by Crippen LogP contribution is -1.98. The summed E-state index contributed by atoms with van der Waals surface area (Å²) in [6.45, 7) is 6.78. The van der Waals surface area contributed by atoms with Gasteiger partial charge in [0, 0.05) is 6.54 Å². The molecule has 0 saturated heterocycles. The molecule has 0 aliphatic heterocycles. The highest BCUT2D eigenvalue weighted by atomic mass is 32.1. The molecule has 3 N–H and O–H groups in total. The van der Waals surface area contributed by atoms with Crippen molar-refractivity contribution in [3.8, 4) is 0 Å². The van der Waals surface area contributed by atoms with Crippen molar-refractivity contribution in [2.24, 2.45) is 0 Å². The average molecular weight is 225 g/mol. The number of fused-ring (bicyclic) bond motifs is 1. The predicted molar refractivity (Wildman–Crippen MR) is 64.1 cm³/mol. The Labute approximate surface area is 93.3 Å². The van der Waals surface area contributed by atoms with Crippen molar-refractivity contribution in [2.45, 2.75) is 27.3 Å². The van der Waals surface area contributed by atoms with Gasteiger partial charge in [-0.05, 0) is 6.92 Å². The minimum Gasteiger partial charge on any atom is -0.383 e. The van der Waals surface area contributed by atoms with Crippen LogP contribution in [0.3, 0.4) is 0 Å². The molecule has 0 aromatic carbocycles. The summed E-state index contributed by atoms with van der Waals surface area (Å²) in [7, 11) is 0. The maximum Gasteiger partial charge on any atom is 0.162 e. The number of aromatic amines is 1. The van der Waals surface area contributed by atoms with Crippen molar-refractivity contribution in [1.82, 2.24) is 19.7 Å². The van der Waals surface area contributed by atoms with Gasteiger partial charge in [0.15, 0.2) is 5.65 Å². The fourth-order valence-electron chi connectivity index (χ4n) is 1.27. The molecule has 82 valence electrons. The maximum atomic E-state index is 5.67. The fraction of sp³-hybridized carbons (Fsp3) is 0.444. The topological polar surface area (TPSA) is 72.5 Å². The molecule has 0 aliphatic rings. The SMILES string of the molecule is CC.CCn1[nH]c(=S)c2c(N)ncnc21. The molecule has 0 saturated carbocycles. The molecule has 0 radical (unpaired) electrons. The predicted octanol–water partition coefficient (Wildman–Crippen LogP) is 2.12. The number of nitrogens with two attached hydrogens (primary N) is 1. The van der Waals surface area contributed by atoms with Crippen LogP contribution in [0.5, 0.6) is 0 Å². The molecule has 0 unspecified atom stereocenters. The van der Waals surface area contributed by atoms with Crippen LogP contribution in [0, 0.1) is 4.64 Å². The van der Waals surface area contributed by atoms with E-state index in [1.54, 1.807) is 0 Å². The number of anilines is 1. The number of hydrogen-bond donors (Lipinski definition) is 2. The van der Waals surface area contributed by atoms with Gasteiger partial charge in [0.2, 0.25) is 0 Å². The van der Waals surface area contributed by atoms with Gasteiger partial charge in [-0.1, -0.05) is 26.1 Å². The third-order valence-electron chi connectivity index (χ3n) is 1.89. The number of H-pyrrole nitrogens is 1. The van der Waals surface area contributed by atoms with Crippen molar-refractivity contribution in [1.29, 1.82) is 0 Å². The van der Waals surface area contributed by atoms with Crippen molar-refractivity contribution < 1.29 is 0 Å². The Morgan fingerprint density at radius 1 is 1.47 bits per heavy atom. The Morgan fingerprint density at radius 2 is 2.13 bits per heavy atom. The lowest BCUT2D eigenvalue weighted by molar-refractivity contribution is 0.673. The molecular weight excluding hydrogens is 210 g/mol. The summed E-state index contributed by atoms with van der Waals surface area (Å²) in [4.78, 5) is 7.99. The Morgan fingerprint density at radius 3 is 2.73 bits per heavy atom. The lowest BCUT2D eigenvalue weighted by atomic mass is 10.4. The third-order valence-corrected chi connectivity index (χ3v) is 2.19. The molecule has 2 aromatic heterocycles. The number of aryl methyl sites for hydroxylation is 1. The lowest BCUT2D eigenvalue weighted by Gasteiger charge is -1.97. The van der Waals surface area contributed by atoms with E-state index >= 15 is 0 Å². The van der Waals surface area contributed by atoms with E-state index in [0.29, 0.717) is 10.5 Å². The van der Waals surface area contributed by atoms with Gasteiger partial charge in [0.05, 0.1) is 5.39 Å². The second-order valence-electron chi connectivity index (χ2n) is 2.64. The molecule has 15 heavy (non-hydrogen) atoms. The Balaban J connectivity index is 0.000000531. The minimum absolute atomic E-state index is 0.429. The van der Waals surface area contributed by atoms with Crippen molar-refractivity contribution in [3.05, 3.63) is 11.0 Å². The molecule has 0 aliphatic carbocycles. The highest BCUT2D eigenvalue weighted by Gasteiger charge is 2.07. The first-order chi connectivity index (χ1) is 7.24. The van der Waals surface area contributed by atoms with Crippen LogP contribution >= 0.6 is 12.2 Å². The van der Waals surface area contributed by atoms with Gasteiger partial charge in [0.1, 0.15) is 16.8 Å². The highest BCUT2D eigenvalue weighted by molar-refractivity contribution is 7.71. The first-order valence-corrected chi connectivity index (χ1v) is 5.34. The second kappa shape index (κ2) is 4.88. The summed E-state index contributed by atoms with van der Waals surface area (Å²) in [6, 6.07) is 0. The Kier molecular flexibility index (Phi) is 3.79. The van der Waals surface area contributed by atoms with Crippen molar-refractivity contribution in [3.63, 3.8) is 0 Å². The number of hydrogen-bond acceptors (Lipinski definition) is 4. The molecular formula is C9H15N5S. The summed E-state index contributed by atoms with van der Waals surface area (Å²) in [5.74, 6) is 0.429. The monoisotopic (exact) mass is 225 g/mol. The average Bonchev–Trinajstić information content (AvgIpc) is 2.60. The summed E-state index contributed by atoms with van der Waals surface area (Å²) in [5, 5.41) is 3.73.